The van der Waals surface area contributed by atoms with Gasteiger partial charge in [0.05, 0.1) is 18.2 Å². The molecule has 0 saturated carbocycles. The summed E-state index contributed by atoms with van der Waals surface area (Å²) in [5, 5.41) is 4.17. The van der Waals surface area contributed by atoms with E-state index in [1.165, 1.54) is 7.11 Å². The first-order valence-electron chi connectivity index (χ1n) is 7.48. The topological polar surface area (TPSA) is 67.3 Å². The number of carbonyl (C=O) groups excluding carboxylic acids is 1. The average Bonchev–Trinajstić information content (AvgIpc) is 2.61. The summed E-state index contributed by atoms with van der Waals surface area (Å²) < 4.78 is 4.70. The van der Waals surface area contributed by atoms with Gasteiger partial charge in [0.1, 0.15) is 5.82 Å². The van der Waals surface area contributed by atoms with Gasteiger partial charge in [0.25, 0.3) is 0 Å². The minimum absolute atomic E-state index is 0.363. The predicted octanol–water partition coefficient (Wildman–Crippen LogP) is 3.23. The number of hydrogen-bond acceptors (Lipinski definition) is 6. The van der Waals surface area contributed by atoms with Crippen molar-refractivity contribution in [2.45, 2.75) is 0 Å². The Morgan fingerprint density at radius 1 is 1.04 bits per heavy atom. The lowest BCUT2D eigenvalue weighted by Gasteiger charge is -2.16. The molecule has 3 rings (SSSR count). The molecule has 6 nitrogen and oxygen atoms in total. The Morgan fingerprint density at radius 2 is 1.75 bits per heavy atom. The van der Waals surface area contributed by atoms with Gasteiger partial charge in [-0.25, -0.2) is 9.78 Å². The number of nitrogens with one attached hydrogen (secondary N) is 1. The number of esters is 1. The number of nitrogens with zero attached hydrogens (tertiary/aromatic N) is 3. The van der Waals surface area contributed by atoms with Crippen molar-refractivity contribution in [1.29, 1.82) is 0 Å². The zero-order chi connectivity index (χ0) is 17.1. The molecular weight excluding hydrogens is 304 g/mol. The number of carbonyl (C=O) groups is 1. The van der Waals surface area contributed by atoms with Crippen molar-refractivity contribution in [3.05, 3.63) is 54.1 Å². The maximum atomic E-state index is 11.5. The number of fused-ring (bicyclic) bond motifs is 1. The number of hydrogen-bond donors (Lipinski definition) is 1. The van der Waals surface area contributed by atoms with Crippen molar-refractivity contribution in [3.8, 4) is 0 Å². The molecular formula is C18H18N4O2. The Kier molecular flexibility index (Phi) is 4.29. The fourth-order valence-corrected chi connectivity index (χ4v) is 2.39. The summed E-state index contributed by atoms with van der Waals surface area (Å²) in [4.78, 5) is 22.6. The lowest BCUT2D eigenvalue weighted by Crippen LogP contribution is -2.13. The summed E-state index contributed by atoms with van der Waals surface area (Å²) in [6.45, 7) is 0. The van der Waals surface area contributed by atoms with E-state index in [9.17, 15) is 4.79 Å². The van der Waals surface area contributed by atoms with Crippen LogP contribution < -0.4 is 10.2 Å². The molecule has 0 aliphatic carbocycles. The smallest absolute Gasteiger partial charge is 0.337 e. The summed E-state index contributed by atoms with van der Waals surface area (Å²) in [7, 11) is 5.26. The summed E-state index contributed by atoms with van der Waals surface area (Å²) in [6, 6.07) is 14.8. The molecule has 3 aromatic rings. The summed E-state index contributed by atoms with van der Waals surface area (Å²) >= 11 is 0. The minimum atomic E-state index is -0.363. The van der Waals surface area contributed by atoms with Crippen molar-refractivity contribution in [3.63, 3.8) is 0 Å². The standard InChI is InChI=1S/C18H18N4O2/c1-22(2)16-14-6-4-5-7-15(14)20-18(21-16)19-13-10-8-12(9-11-13)17(23)24-3/h4-11H,1-3H3,(H,19,20,21). The van der Waals surface area contributed by atoms with E-state index in [-0.39, 0.29) is 5.97 Å². The van der Waals surface area contributed by atoms with Gasteiger partial charge in [0, 0.05) is 25.2 Å². The molecule has 0 fully saturated rings. The van der Waals surface area contributed by atoms with Crippen LogP contribution in [0.25, 0.3) is 10.9 Å². The lowest BCUT2D eigenvalue weighted by molar-refractivity contribution is 0.0601. The van der Waals surface area contributed by atoms with Crippen LogP contribution in [0.5, 0.6) is 0 Å². The second kappa shape index (κ2) is 6.54. The van der Waals surface area contributed by atoms with Crippen LogP contribution in [0.4, 0.5) is 17.5 Å². The molecule has 24 heavy (non-hydrogen) atoms. The van der Waals surface area contributed by atoms with Gasteiger partial charge in [0.2, 0.25) is 5.95 Å². The zero-order valence-corrected chi connectivity index (χ0v) is 13.8. The zero-order valence-electron chi connectivity index (χ0n) is 13.8. The van der Waals surface area contributed by atoms with Crippen LogP contribution in [-0.2, 0) is 4.74 Å². The third-order valence-corrected chi connectivity index (χ3v) is 3.57. The molecule has 0 unspecified atom stereocenters. The SMILES string of the molecule is COC(=O)c1ccc(Nc2nc(N(C)C)c3ccccc3n2)cc1. The van der Waals surface area contributed by atoms with Crippen molar-refractivity contribution in [2.24, 2.45) is 0 Å². The molecule has 0 aliphatic rings. The Morgan fingerprint density at radius 3 is 2.42 bits per heavy atom. The molecule has 0 amide bonds. The van der Waals surface area contributed by atoms with Gasteiger partial charge in [-0.3, -0.25) is 0 Å². The van der Waals surface area contributed by atoms with Gasteiger partial charge in [-0.1, -0.05) is 12.1 Å². The first kappa shape index (κ1) is 15.7. The van der Waals surface area contributed by atoms with E-state index < -0.39 is 0 Å². The fourth-order valence-electron chi connectivity index (χ4n) is 2.39. The number of methoxy groups -OCH3 is 1. The molecule has 0 atom stereocenters. The van der Waals surface area contributed by atoms with E-state index in [1.54, 1.807) is 24.3 Å². The molecule has 2 aromatic carbocycles. The van der Waals surface area contributed by atoms with Gasteiger partial charge >= 0.3 is 5.97 Å². The largest absolute Gasteiger partial charge is 0.465 e. The maximum absolute atomic E-state index is 11.5. The number of aromatic nitrogens is 2. The van der Waals surface area contributed by atoms with Gasteiger partial charge in [-0.2, -0.15) is 4.98 Å². The highest BCUT2D eigenvalue weighted by Crippen LogP contribution is 2.25. The number of ether oxygens (including phenoxy) is 1. The second-order valence-corrected chi connectivity index (χ2v) is 5.48. The van der Waals surface area contributed by atoms with Crippen LogP contribution in [0, 0.1) is 0 Å². The Balaban J connectivity index is 1.94. The summed E-state index contributed by atoms with van der Waals surface area (Å²) in [6.07, 6.45) is 0. The molecule has 0 saturated heterocycles. The molecule has 0 bridgehead atoms. The molecule has 6 heteroatoms. The third kappa shape index (κ3) is 3.12. The average molecular weight is 322 g/mol. The van der Waals surface area contributed by atoms with Crippen LogP contribution in [0.1, 0.15) is 10.4 Å². The number of para-hydroxylation sites is 1. The monoisotopic (exact) mass is 322 g/mol. The van der Waals surface area contributed by atoms with E-state index in [0.717, 1.165) is 22.4 Å². The van der Waals surface area contributed by atoms with Gasteiger partial charge in [0.15, 0.2) is 0 Å². The van der Waals surface area contributed by atoms with E-state index in [0.29, 0.717) is 11.5 Å². The normalized spacial score (nSPS) is 10.5. The van der Waals surface area contributed by atoms with Crippen molar-refractivity contribution >= 4 is 34.3 Å². The highest BCUT2D eigenvalue weighted by Gasteiger charge is 2.10. The van der Waals surface area contributed by atoms with Crippen molar-refractivity contribution in [1.82, 2.24) is 9.97 Å². The quantitative estimate of drug-likeness (QED) is 0.744. The Bertz CT molecular complexity index is 876. The fraction of sp³-hybridized carbons (Fsp3) is 0.167. The predicted molar refractivity (Wildman–Crippen MR) is 94.9 cm³/mol. The molecule has 122 valence electrons. The van der Waals surface area contributed by atoms with Gasteiger partial charge in [-0.05, 0) is 36.4 Å². The maximum Gasteiger partial charge on any atom is 0.337 e. The van der Waals surface area contributed by atoms with E-state index in [2.05, 4.69) is 15.3 Å². The van der Waals surface area contributed by atoms with Crippen molar-refractivity contribution in [2.75, 3.05) is 31.4 Å². The Hall–Kier alpha value is -3.15. The van der Waals surface area contributed by atoms with Crippen LogP contribution in [-0.4, -0.2) is 37.1 Å². The molecule has 0 radical (unpaired) electrons. The number of benzene rings is 2. The second-order valence-electron chi connectivity index (χ2n) is 5.48. The molecule has 1 heterocycles. The summed E-state index contributed by atoms with van der Waals surface area (Å²) in [5.74, 6) is 0.982. The van der Waals surface area contributed by atoms with E-state index in [1.807, 2.05) is 43.3 Å². The van der Waals surface area contributed by atoms with E-state index in [4.69, 9.17) is 4.74 Å². The van der Waals surface area contributed by atoms with Crippen LogP contribution >= 0.6 is 0 Å². The van der Waals surface area contributed by atoms with Crippen LogP contribution in [0.2, 0.25) is 0 Å². The number of rotatable bonds is 4. The van der Waals surface area contributed by atoms with E-state index >= 15 is 0 Å². The molecule has 0 aliphatic heterocycles. The first-order valence-corrected chi connectivity index (χ1v) is 7.48. The molecule has 1 N–H and O–H groups in total. The first-order chi connectivity index (χ1) is 11.6. The Labute approximate surface area is 140 Å². The summed E-state index contributed by atoms with van der Waals surface area (Å²) in [5.41, 5.74) is 2.16. The van der Waals surface area contributed by atoms with Gasteiger partial charge < -0.3 is 15.0 Å². The van der Waals surface area contributed by atoms with Gasteiger partial charge in [-0.15, -0.1) is 0 Å². The molecule has 0 spiro atoms. The highest BCUT2D eigenvalue weighted by molar-refractivity contribution is 5.91. The number of anilines is 3. The third-order valence-electron chi connectivity index (χ3n) is 3.57. The highest BCUT2D eigenvalue weighted by atomic mass is 16.5. The van der Waals surface area contributed by atoms with Crippen molar-refractivity contribution < 1.29 is 9.53 Å². The van der Waals surface area contributed by atoms with Crippen LogP contribution in [0.3, 0.4) is 0 Å². The molecule has 1 aromatic heterocycles. The lowest BCUT2D eigenvalue weighted by atomic mass is 10.2. The minimum Gasteiger partial charge on any atom is -0.465 e. The van der Waals surface area contributed by atoms with Crippen LogP contribution in [0.15, 0.2) is 48.5 Å².